The second-order valence-corrected chi connectivity index (χ2v) is 11.1. The van der Waals surface area contributed by atoms with Crippen molar-refractivity contribution in [1.82, 2.24) is 9.80 Å². The Morgan fingerprint density at radius 3 is 2.43 bits per heavy atom. The average Bonchev–Trinajstić information content (AvgIpc) is 3.23. The number of carbonyl (C=O) groups excluding carboxylic acids is 2. The molecule has 2 aromatic rings. The first-order chi connectivity index (χ1) is 20.2. The largest absolute Gasteiger partial charge is 0.507 e. The number of aliphatic hydroxyl groups is 1. The molecule has 228 valence electrons. The summed E-state index contributed by atoms with van der Waals surface area (Å²) in [5, 5.41) is 11.6. The minimum absolute atomic E-state index is 0.00478. The van der Waals surface area contributed by atoms with E-state index in [4.69, 9.17) is 18.9 Å². The lowest BCUT2D eigenvalue weighted by atomic mass is 9.94. The van der Waals surface area contributed by atoms with E-state index < -0.39 is 17.7 Å². The van der Waals surface area contributed by atoms with E-state index in [1.807, 2.05) is 26.8 Å². The molecule has 1 N–H and O–H groups in total. The Morgan fingerprint density at radius 1 is 1.02 bits per heavy atom. The number of amides is 1. The number of methoxy groups -OCH3 is 1. The number of ether oxygens (including phenoxy) is 4. The molecule has 2 saturated heterocycles. The maximum Gasteiger partial charge on any atom is 0.295 e. The molecule has 2 aromatic carbocycles. The highest BCUT2D eigenvalue weighted by Gasteiger charge is 2.46. The van der Waals surface area contributed by atoms with Gasteiger partial charge in [-0.25, -0.2) is 0 Å². The zero-order valence-corrected chi connectivity index (χ0v) is 25.5. The fourth-order valence-electron chi connectivity index (χ4n) is 5.38. The molecular formula is C33H44N2O7. The summed E-state index contributed by atoms with van der Waals surface area (Å²) in [4.78, 5) is 30.9. The first kappa shape index (κ1) is 31.4. The molecule has 1 atom stereocenters. The number of nitrogens with zero attached hydrogens (tertiary/aromatic N) is 2. The molecule has 2 fully saturated rings. The number of benzene rings is 2. The highest BCUT2D eigenvalue weighted by molar-refractivity contribution is 6.46. The van der Waals surface area contributed by atoms with Gasteiger partial charge in [0.1, 0.15) is 11.5 Å². The zero-order valence-electron chi connectivity index (χ0n) is 25.5. The molecule has 0 spiro atoms. The lowest BCUT2D eigenvalue weighted by Gasteiger charge is -2.29. The third-order valence-corrected chi connectivity index (χ3v) is 7.59. The summed E-state index contributed by atoms with van der Waals surface area (Å²) in [5.74, 6) is 0.262. The fourth-order valence-corrected chi connectivity index (χ4v) is 5.38. The van der Waals surface area contributed by atoms with Crippen LogP contribution in [-0.2, 0) is 14.3 Å². The smallest absolute Gasteiger partial charge is 0.295 e. The van der Waals surface area contributed by atoms with Gasteiger partial charge in [-0.3, -0.25) is 14.5 Å². The van der Waals surface area contributed by atoms with Crippen LogP contribution in [0.25, 0.3) is 5.76 Å². The highest BCUT2D eigenvalue weighted by atomic mass is 16.5. The van der Waals surface area contributed by atoms with Crippen molar-refractivity contribution in [2.75, 3.05) is 53.1 Å². The summed E-state index contributed by atoms with van der Waals surface area (Å²) in [6.07, 6.45) is 2.59. The Hall–Kier alpha value is -3.56. The average molecular weight is 581 g/mol. The molecule has 1 unspecified atom stereocenters. The molecule has 2 heterocycles. The molecule has 0 bridgehead atoms. The summed E-state index contributed by atoms with van der Waals surface area (Å²) in [6.45, 7) is 12.6. The van der Waals surface area contributed by atoms with Crippen LogP contribution < -0.4 is 14.2 Å². The number of Topliss-reactive ketones (excluding diaryl/α,β-unsaturated/α-hetero) is 1. The number of ketones is 1. The Labute approximate surface area is 249 Å². The summed E-state index contributed by atoms with van der Waals surface area (Å²) < 4.78 is 22.9. The van der Waals surface area contributed by atoms with Crippen LogP contribution in [0.1, 0.15) is 62.8 Å². The van der Waals surface area contributed by atoms with Gasteiger partial charge in [0.2, 0.25) is 0 Å². The molecule has 2 aliphatic rings. The van der Waals surface area contributed by atoms with Crippen LogP contribution in [0.5, 0.6) is 17.2 Å². The van der Waals surface area contributed by atoms with E-state index in [1.165, 1.54) is 0 Å². The molecule has 0 aromatic heterocycles. The number of hydrogen-bond acceptors (Lipinski definition) is 8. The predicted molar refractivity (Wildman–Crippen MR) is 161 cm³/mol. The lowest BCUT2D eigenvalue weighted by molar-refractivity contribution is -0.140. The molecule has 1 amide bonds. The molecule has 9 heteroatoms. The van der Waals surface area contributed by atoms with Crippen LogP contribution in [0.2, 0.25) is 0 Å². The molecule has 2 aliphatic heterocycles. The van der Waals surface area contributed by atoms with Crippen molar-refractivity contribution < 1.29 is 33.6 Å². The van der Waals surface area contributed by atoms with E-state index >= 15 is 0 Å². The number of likely N-dealkylation sites (tertiary alicyclic amines) is 1. The molecule has 4 rings (SSSR count). The van der Waals surface area contributed by atoms with Crippen molar-refractivity contribution in [3.63, 3.8) is 0 Å². The predicted octanol–water partition coefficient (Wildman–Crippen LogP) is 5.11. The van der Waals surface area contributed by atoms with E-state index in [-0.39, 0.29) is 17.4 Å². The van der Waals surface area contributed by atoms with Crippen LogP contribution in [-0.4, -0.2) is 85.8 Å². The quantitative estimate of drug-likeness (QED) is 0.151. The van der Waals surface area contributed by atoms with Gasteiger partial charge in [0.05, 0.1) is 44.6 Å². The fraction of sp³-hybridized carbons (Fsp3) is 0.515. The number of carbonyl (C=O) groups is 2. The van der Waals surface area contributed by atoms with E-state index in [9.17, 15) is 14.7 Å². The van der Waals surface area contributed by atoms with Crippen molar-refractivity contribution >= 4 is 17.4 Å². The van der Waals surface area contributed by atoms with E-state index in [2.05, 4.69) is 11.8 Å². The monoisotopic (exact) mass is 580 g/mol. The van der Waals surface area contributed by atoms with Crippen molar-refractivity contribution in [2.24, 2.45) is 0 Å². The Morgan fingerprint density at radius 2 is 1.76 bits per heavy atom. The second kappa shape index (κ2) is 14.6. The van der Waals surface area contributed by atoms with Gasteiger partial charge in [-0.2, -0.15) is 0 Å². The molecule has 0 aliphatic carbocycles. The van der Waals surface area contributed by atoms with Crippen molar-refractivity contribution in [3.8, 4) is 17.2 Å². The maximum absolute atomic E-state index is 13.6. The van der Waals surface area contributed by atoms with Crippen LogP contribution in [0, 0.1) is 6.92 Å². The number of hydrogen-bond donors (Lipinski definition) is 1. The van der Waals surface area contributed by atoms with Crippen LogP contribution >= 0.6 is 0 Å². The van der Waals surface area contributed by atoms with Gasteiger partial charge < -0.3 is 29.0 Å². The maximum atomic E-state index is 13.6. The Kier molecular flexibility index (Phi) is 10.9. The van der Waals surface area contributed by atoms with Crippen LogP contribution in [0.15, 0.2) is 42.0 Å². The summed E-state index contributed by atoms with van der Waals surface area (Å²) >= 11 is 0. The van der Waals surface area contributed by atoms with Crippen molar-refractivity contribution in [2.45, 2.75) is 59.1 Å². The SMILES string of the molecule is CCCCOc1ccc(C2C(=C(O)c3ccc(OC(C)C)c(C)c3)C(=O)C(=O)N2CCCN2CCOCC2)cc1OC. The molecule has 9 nitrogen and oxygen atoms in total. The van der Waals surface area contributed by atoms with E-state index in [0.717, 1.165) is 38.0 Å². The van der Waals surface area contributed by atoms with E-state index in [1.54, 1.807) is 42.3 Å². The minimum Gasteiger partial charge on any atom is -0.507 e. The standard InChI is InChI=1S/C33H44N2O7/c1-6-7-17-41-27-12-9-24(21-28(27)39-5)30-29(31(36)25-10-11-26(23(4)20-25)42-22(2)3)32(37)33(38)35(30)14-8-13-34-15-18-40-19-16-34/h9-12,20-22,30,36H,6-8,13-19H2,1-5H3. The molecule has 0 radical (unpaired) electrons. The van der Waals surface area contributed by atoms with Gasteiger partial charge in [0, 0.05) is 31.7 Å². The highest BCUT2D eigenvalue weighted by Crippen LogP contribution is 2.42. The van der Waals surface area contributed by atoms with Crippen LogP contribution in [0.3, 0.4) is 0 Å². The topological polar surface area (TPSA) is 97.8 Å². The molecule has 0 saturated carbocycles. The number of aryl methyl sites for hydroxylation is 1. The third-order valence-electron chi connectivity index (χ3n) is 7.59. The Balaban J connectivity index is 1.72. The summed E-state index contributed by atoms with van der Waals surface area (Å²) in [5.41, 5.74) is 1.99. The van der Waals surface area contributed by atoms with Crippen molar-refractivity contribution in [1.29, 1.82) is 0 Å². The minimum atomic E-state index is -0.778. The number of rotatable bonds is 13. The molecule has 42 heavy (non-hydrogen) atoms. The van der Waals surface area contributed by atoms with Gasteiger partial charge in [0.25, 0.3) is 11.7 Å². The van der Waals surface area contributed by atoms with Crippen LogP contribution in [0.4, 0.5) is 0 Å². The summed E-state index contributed by atoms with van der Waals surface area (Å²) in [6, 6.07) is 9.94. The Bertz CT molecular complexity index is 1280. The number of morpholine rings is 1. The normalized spacial score (nSPS) is 19.0. The first-order valence-corrected chi connectivity index (χ1v) is 14.9. The van der Waals surface area contributed by atoms with E-state index in [0.29, 0.717) is 61.2 Å². The number of aliphatic hydroxyl groups excluding tert-OH is 1. The third kappa shape index (κ3) is 7.25. The van der Waals surface area contributed by atoms with Gasteiger partial charge in [0.15, 0.2) is 11.5 Å². The van der Waals surface area contributed by atoms with Gasteiger partial charge in [-0.15, -0.1) is 0 Å². The zero-order chi connectivity index (χ0) is 30.2. The second-order valence-electron chi connectivity index (χ2n) is 11.1. The van der Waals surface area contributed by atoms with Gasteiger partial charge in [-0.05, 0) is 75.1 Å². The number of unbranched alkanes of at least 4 members (excludes halogenated alkanes) is 1. The molecular weight excluding hydrogens is 536 g/mol. The first-order valence-electron chi connectivity index (χ1n) is 14.9. The summed E-state index contributed by atoms with van der Waals surface area (Å²) in [7, 11) is 1.56. The van der Waals surface area contributed by atoms with Gasteiger partial charge in [-0.1, -0.05) is 19.4 Å². The van der Waals surface area contributed by atoms with Crippen molar-refractivity contribution in [3.05, 3.63) is 58.7 Å². The van der Waals surface area contributed by atoms with Gasteiger partial charge >= 0.3 is 0 Å². The lowest BCUT2D eigenvalue weighted by Crippen LogP contribution is -2.39.